The summed E-state index contributed by atoms with van der Waals surface area (Å²) >= 11 is 13.0. The van der Waals surface area contributed by atoms with E-state index in [2.05, 4.69) is 23.7 Å². The Bertz CT molecular complexity index is 1630. The van der Waals surface area contributed by atoms with E-state index in [9.17, 15) is 9.59 Å². The molecule has 1 fully saturated rings. The van der Waals surface area contributed by atoms with E-state index in [-0.39, 0.29) is 13.2 Å². The largest absolute Gasteiger partial charge is 0.396 e. The maximum Gasteiger partial charge on any atom is 0.311 e. The summed E-state index contributed by atoms with van der Waals surface area (Å²) in [5, 5.41) is 15.1. The van der Waals surface area contributed by atoms with E-state index in [1.807, 2.05) is 28.9 Å². The number of aryl methyl sites for hydroxylation is 1. The zero-order valence-electron chi connectivity index (χ0n) is 25.9. The van der Waals surface area contributed by atoms with Crippen molar-refractivity contribution < 1.29 is 24.2 Å². The molecule has 0 aliphatic carbocycles. The van der Waals surface area contributed by atoms with Crippen LogP contribution in [0, 0.1) is 11.8 Å². The van der Waals surface area contributed by atoms with Crippen LogP contribution in [0.1, 0.15) is 47.7 Å². The molecule has 46 heavy (non-hydrogen) atoms. The summed E-state index contributed by atoms with van der Waals surface area (Å²) in [7, 11) is 0. The molecule has 0 saturated carbocycles. The van der Waals surface area contributed by atoms with Crippen LogP contribution in [0.3, 0.4) is 0 Å². The first kappa shape index (κ1) is 33.9. The van der Waals surface area contributed by atoms with Crippen molar-refractivity contribution in [1.82, 2.24) is 19.6 Å². The molecular weight excluding hydrogens is 629 g/mol. The minimum atomic E-state index is -0.969. The van der Waals surface area contributed by atoms with Crippen LogP contribution < -0.4 is 5.73 Å². The van der Waals surface area contributed by atoms with Gasteiger partial charge in [0.25, 0.3) is 0 Å². The Morgan fingerprint density at radius 1 is 1.11 bits per heavy atom. The van der Waals surface area contributed by atoms with Crippen LogP contribution in [0.4, 0.5) is 0 Å². The Balaban J connectivity index is 1.41. The lowest BCUT2D eigenvalue weighted by atomic mass is 9.99. The van der Waals surface area contributed by atoms with Crippen molar-refractivity contribution in [2.24, 2.45) is 5.73 Å². The number of carbonyl (C=O) groups excluding carboxylic acids is 2. The van der Waals surface area contributed by atoms with Gasteiger partial charge in [0, 0.05) is 84.8 Å². The van der Waals surface area contributed by atoms with Gasteiger partial charge in [0.1, 0.15) is 0 Å². The van der Waals surface area contributed by atoms with Crippen molar-refractivity contribution in [3.8, 4) is 23.1 Å². The van der Waals surface area contributed by atoms with Gasteiger partial charge in [-0.3, -0.25) is 19.2 Å². The molecule has 3 aromatic rings. The fourth-order valence-corrected chi connectivity index (χ4v) is 6.11. The maximum absolute atomic E-state index is 12.5. The molecule has 2 aliphatic rings. The summed E-state index contributed by atoms with van der Waals surface area (Å²) < 4.78 is 13.2. The van der Waals surface area contributed by atoms with Gasteiger partial charge in [-0.25, -0.2) is 0 Å². The molecule has 2 amide bonds. The van der Waals surface area contributed by atoms with Crippen LogP contribution in [0.2, 0.25) is 10.0 Å². The van der Waals surface area contributed by atoms with Gasteiger partial charge in [0.2, 0.25) is 0 Å². The number of hydrogen-bond acceptors (Lipinski definition) is 7. The fourth-order valence-electron chi connectivity index (χ4n) is 5.77. The molecule has 0 bridgehead atoms. The van der Waals surface area contributed by atoms with Gasteiger partial charge < -0.3 is 25.2 Å². The summed E-state index contributed by atoms with van der Waals surface area (Å²) in [5.74, 6) is 4.70. The second kappa shape index (κ2) is 15.9. The highest BCUT2D eigenvalue weighted by Crippen LogP contribution is 2.32. The highest BCUT2D eigenvalue weighted by atomic mass is 35.5. The molecule has 5 rings (SSSR count). The number of rotatable bonds is 10. The molecule has 0 radical (unpaired) electrons. The monoisotopic (exact) mass is 667 g/mol. The minimum absolute atomic E-state index is 0.0696. The molecule has 2 aromatic carbocycles. The topological polar surface area (TPSA) is 123 Å². The molecule has 1 unspecified atom stereocenters. The summed E-state index contributed by atoms with van der Waals surface area (Å²) in [4.78, 5) is 28.2. The van der Waals surface area contributed by atoms with Crippen LogP contribution in [-0.2, 0) is 45.2 Å². The number of nitrogens with zero attached hydrogens (tertiary/aromatic N) is 4. The van der Waals surface area contributed by atoms with Crippen molar-refractivity contribution in [1.29, 1.82) is 0 Å². The van der Waals surface area contributed by atoms with Crippen molar-refractivity contribution >= 4 is 35.0 Å². The average molecular weight is 669 g/mol. The fraction of sp³-hybridized carbons (Fsp3) is 0.441. The number of aliphatic hydroxyl groups excluding tert-OH is 1. The van der Waals surface area contributed by atoms with Gasteiger partial charge in [-0.05, 0) is 55.7 Å². The zero-order chi connectivity index (χ0) is 32.6. The van der Waals surface area contributed by atoms with E-state index < -0.39 is 11.8 Å². The first-order chi connectivity index (χ1) is 22.2. The van der Waals surface area contributed by atoms with Gasteiger partial charge in [-0.2, -0.15) is 5.10 Å². The molecule has 12 heteroatoms. The zero-order valence-corrected chi connectivity index (χ0v) is 27.4. The molecule has 3 N–H and O–H groups in total. The number of fused-ring (bicyclic) bond motifs is 1. The molecule has 10 nitrogen and oxygen atoms in total. The predicted molar refractivity (Wildman–Crippen MR) is 176 cm³/mol. The molecule has 3 heterocycles. The van der Waals surface area contributed by atoms with E-state index in [0.29, 0.717) is 54.3 Å². The minimum Gasteiger partial charge on any atom is -0.396 e. The Morgan fingerprint density at radius 2 is 1.93 bits per heavy atom. The Labute approximate surface area is 279 Å². The number of halogens is 2. The van der Waals surface area contributed by atoms with E-state index in [4.69, 9.17) is 48.6 Å². The number of aliphatic hydroxyl groups is 1. The van der Waals surface area contributed by atoms with Crippen LogP contribution >= 0.6 is 23.2 Å². The van der Waals surface area contributed by atoms with Crippen molar-refractivity contribution in [3.05, 3.63) is 74.4 Å². The standard InChI is InChI=1S/C34H39Cl2N5O5/c1-23-21-46-17-14-39(23)11-2-12-41-31-10-13-40(34(44)33(37)43)20-28(31)32(38-41)26-7-9-29(35)25(19-26)6-4-24-5-8-30(36)27(18-24)22-45-16-3-15-42/h5,7-9,18-19,23,42H,2-3,10-17,20-22H2,1H3,(H2,37,43). The van der Waals surface area contributed by atoms with Gasteiger partial charge in [-0.15, -0.1) is 0 Å². The first-order valence-electron chi connectivity index (χ1n) is 15.5. The van der Waals surface area contributed by atoms with Crippen molar-refractivity contribution in [3.63, 3.8) is 0 Å². The summed E-state index contributed by atoms with van der Waals surface area (Å²) in [6, 6.07) is 11.5. The lowest BCUT2D eigenvalue weighted by Crippen LogP contribution is -2.44. The molecule has 1 atom stereocenters. The molecule has 0 spiro atoms. The number of benzene rings is 2. The number of aromatic nitrogens is 2. The van der Waals surface area contributed by atoms with Crippen molar-refractivity contribution in [2.75, 3.05) is 46.1 Å². The van der Waals surface area contributed by atoms with E-state index in [0.717, 1.165) is 72.9 Å². The lowest BCUT2D eigenvalue weighted by Gasteiger charge is -2.33. The molecule has 1 aromatic heterocycles. The predicted octanol–water partition coefficient (Wildman–Crippen LogP) is 3.64. The normalized spacial score (nSPS) is 16.5. The molecular formula is C34H39Cl2N5O5. The number of nitrogens with two attached hydrogens (primary N) is 1. The number of ether oxygens (including phenoxy) is 2. The van der Waals surface area contributed by atoms with Gasteiger partial charge >= 0.3 is 11.8 Å². The molecule has 1 saturated heterocycles. The highest BCUT2D eigenvalue weighted by Gasteiger charge is 2.30. The maximum atomic E-state index is 12.5. The Morgan fingerprint density at radius 3 is 2.72 bits per heavy atom. The number of primary amides is 1. The third kappa shape index (κ3) is 8.28. The third-order valence-electron chi connectivity index (χ3n) is 8.28. The molecule has 2 aliphatic heterocycles. The van der Waals surface area contributed by atoms with E-state index >= 15 is 0 Å². The molecule has 244 valence electrons. The second-order valence-corrected chi connectivity index (χ2v) is 12.3. The quantitative estimate of drug-likeness (QED) is 0.192. The average Bonchev–Trinajstić information content (AvgIpc) is 3.42. The summed E-state index contributed by atoms with van der Waals surface area (Å²) in [5.41, 5.74) is 11.0. The smallest absolute Gasteiger partial charge is 0.311 e. The number of carbonyl (C=O) groups is 2. The van der Waals surface area contributed by atoms with Crippen LogP contribution in [-0.4, -0.2) is 88.6 Å². The van der Waals surface area contributed by atoms with Gasteiger partial charge in [-0.1, -0.05) is 41.1 Å². The van der Waals surface area contributed by atoms with Gasteiger partial charge in [0.15, 0.2) is 0 Å². The number of hydrogen-bond donors (Lipinski definition) is 2. The van der Waals surface area contributed by atoms with E-state index in [1.54, 1.807) is 12.1 Å². The number of morpholine rings is 1. The van der Waals surface area contributed by atoms with Crippen LogP contribution in [0.5, 0.6) is 0 Å². The highest BCUT2D eigenvalue weighted by molar-refractivity contribution is 6.34. The summed E-state index contributed by atoms with van der Waals surface area (Å²) in [6.45, 7) is 7.70. The Kier molecular flexibility index (Phi) is 11.7. The van der Waals surface area contributed by atoms with Crippen molar-refractivity contribution in [2.45, 2.75) is 51.9 Å². The van der Waals surface area contributed by atoms with Crippen LogP contribution in [0.15, 0.2) is 36.4 Å². The lowest BCUT2D eigenvalue weighted by molar-refractivity contribution is -0.144. The number of amides is 2. The Hall–Kier alpha value is -3.43. The first-order valence-corrected chi connectivity index (χ1v) is 16.3. The summed E-state index contributed by atoms with van der Waals surface area (Å²) in [6.07, 6.45) is 2.04. The third-order valence-corrected chi connectivity index (χ3v) is 8.98. The second-order valence-electron chi connectivity index (χ2n) is 11.5. The SMILES string of the molecule is CC1COCCN1CCCn1nc(-c2ccc(Cl)c(C#Cc3ccc(Cl)c(COCCCO)c3)c2)c2c1CCN(C(=O)C(N)=O)C2. The van der Waals surface area contributed by atoms with Gasteiger partial charge in [0.05, 0.1) is 37.1 Å². The van der Waals surface area contributed by atoms with Crippen LogP contribution in [0.25, 0.3) is 11.3 Å². The van der Waals surface area contributed by atoms with E-state index in [1.165, 1.54) is 4.90 Å².